The number of aliphatic carboxylic acids is 1. The summed E-state index contributed by atoms with van der Waals surface area (Å²) in [6.45, 7) is 0. The minimum absolute atomic E-state index is 0.126. The fourth-order valence-electron chi connectivity index (χ4n) is 1.10. The van der Waals surface area contributed by atoms with Crippen molar-refractivity contribution in [1.29, 1.82) is 0 Å². The Labute approximate surface area is 87.7 Å². The highest BCUT2D eigenvalue weighted by Gasteiger charge is 2.12. The van der Waals surface area contributed by atoms with Crippen molar-refractivity contribution in [2.45, 2.75) is 11.8 Å². The molecule has 0 aliphatic rings. The Morgan fingerprint density at radius 3 is 2.43 bits per heavy atom. The summed E-state index contributed by atoms with van der Waals surface area (Å²) in [6, 6.07) is 1.94. The summed E-state index contributed by atoms with van der Waals surface area (Å²) in [5, 5.41) is 8.60. The Bertz CT molecular complexity index is 366. The molecule has 0 fully saturated rings. The van der Waals surface area contributed by atoms with Gasteiger partial charge in [-0.15, -0.1) is 0 Å². The maximum atomic E-state index is 13.4. The van der Waals surface area contributed by atoms with Gasteiger partial charge in [0.1, 0.15) is 11.6 Å². The maximum absolute atomic E-state index is 13.4. The van der Waals surface area contributed by atoms with Crippen molar-refractivity contribution in [2.24, 2.45) is 0 Å². The first-order valence-electron chi connectivity index (χ1n) is 3.79. The molecule has 0 saturated heterocycles. The van der Waals surface area contributed by atoms with Gasteiger partial charge in [-0.05, 0) is 12.1 Å². The molecule has 1 N–H and O–H groups in total. The second-order valence-corrected chi connectivity index (χ2v) is 3.30. The molecular formula is C9H7BrF2O2. The molecular weight excluding hydrogens is 258 g/mol. The molecule has 0 radical (unpaired) electrons. The molecule has 0 bridgehead atoms. The number of rotatable bonds is 3. The number of halogens is 3. The first-order chi connectivity index (χ1) is 6.54. The Morgan fingerprint density at radius 2 is 1.93 bits per heavy atom. The summed E-state index contributed by atoms with van der Waals surface area (Å²) >= 11 is 2.99. The van der Waals surface area contributed by atoms with E-state index < -0.39 is 24.0 Å². The zero-order valence-electron chi connectivity index (χ0n) is 7.06. The van der Waals surface area contributed by atoms with Crippen LogP contribution in [0.1, 0.15) is 11.1 Å². The van der Waals surface area contributed by atoms with Gasteiger partial charge in [0.15, 0.2) is 0 Å². The molecule has 14 heavy (non-hydrogen) atoms. The zero-order valence-corrected chi connectivity index (χ0v) is 8.64. The summed E-state index contributed by atoms with van der Waals surface area (Å²) in [6.07, 6.45) is -0.510. The average Bonchev–Trinajstić information content (AvgIpc) is 2.09. The van der Waals surface area contributed by atoms with Gasteiger partial charge in [-0.25, -0.2) is 8.78 Å². The lowest BCUT2D eigenvalue weighted by atomic mass is 10.1. The molecule has 1 rings (SSSR count). The second-order valence-electron chi connectivity index (χ2n) is 2.74. The minimum Gasteiger partial charge on any atom is -0.481 e. The Kier molecular flexibility index (Phi) is 3.57. The number of carboxylic acid groups (broad SMARTS) is 1. The predicted molar refractivity (Wildman–Crippen MR) is 50.3 cm³/mol. The molecule has 0 atom stereocenters. The van der Waals surface area contributed by atoms with Crippen molar-refractivity contribution in [2.75, 3.05) is 0 Å². The molecule has 2 nitrogen and oxygen atoms in total. The van der Waals surface area contributed by atoms with Crippen LogP contribution in [0.2, 0.25) is 0 Å². The number of hydrogen-bond donors (Lipinski definition) is 1. The maximum Gasteiger partial charge on any atom is 0.307 e. The molecule has 0 aliphatic heterocycles. The van der Waals surface area contributed by atoms with Crippen molar-refractivity contribution >= 4 is 21.9 Å². The number of alkyl halides is 1. The van der Waals surface area contributed by atoms with E-state index in [0.29, 0.717) is 0 Å². The van der Waals surface area contributed by atoms with Crippen molar-refractivity contribution in [3.05, 3.63) is 34.9 Å². The van der Waals surface area contributed by atoms with E-state index in [2.05, 4.69) is 15.9 Å². The summed E-state index contributed by atoms with van der Waals surface area (Å²) < 4.78 is 26.2. The Balaban J connectivity index is 3.15. The number of carbonyl (C=O) groups is 1. The topological polar surface area (TPSA) is 37.3 Å². The molecule has 0 aliphatic carbocycles. The van der Waals surface area contributed by atoms with E-state index in [4.69, 9.17) is 5.11 Å². The van der Waals surface area contributed by atoms with E-state index in [-0.39, 0.29) is 16.5 Å². The lowest BCUT2D eigenvalue weighted by Gasteiger charge is -2.04. The molecule has 5 heteroatoms. The van der Waals surface area contributed by atoms with Gasteiger partial charge in [-0.1, -0.05) is 15.9 Å². The highest BCUT2D eigenvalue weighted by atomic mass is 79.9. The quantitative estimate of drug-likeness (QED) is 0.852. The van der Waals surface area contributed by atoms with Crippen LogP contribution in [0.15, 0.2) is 12.1 Å². The lowest BCUT2D eigenvalue weighted by molar-refractivity contribution is -0.136. The van der Waals surface area contributed by atoms with E-state index in [1.165, 1.54) is 0 Å². The second kappa shape index (κ2) is 4.50. The van der Waals surface area contributed by atoms with E-state index in [0.717, 1.165) is 12.1 Å². The first-order valence-corrected chi connectivity index (χ1v) is 4.91. The van der Waals surface area contributed by atoms with Crippen LogP contribution in [-0.2, 0) is 16.5 Å². The normalized spacial score (nSPS) is 10.2. The molecule has 0 unspecified atom stereocenters. The summed E-state index contributed by atoms with van der Waals surface area (Å²) in [5.41, 5.74) is -0.00630. The molecule has 0 heterocycles. The van der Waals surface area contributed by atoms with Gasteiger partial charge in [-0.3, -0.25) is 4.79 Å². The van der Waals surface area contributed by atoms with Gasteiger partial charge in [0.25, 0.3) is 0 Å². The van der Waals surface area contributed by atoms with Crippen LogP contribution in [0, 0.1) is 11.6 Å². The smallest absolute Gasteiger partial charge is 0.307 e. The summed E-state index contributed by atoms with van der Waals surface area (Å²) in [7, 11) is 0. The van der Waals surface area contributed by atoms with E-state index in [1.54, 1.807) is 0 Å². The fraction of sp³-hybridized carbons (Fsp3) is 0.222. The van der Waals surface area contributed by atoms with Crippen LogP contribution in [0.5, 0.6) is 0 Å². The van der Waals surface area contributed by atoms with Crippen LogP contribution in [-0.4, -0.2) is 11.1 Å². The van der Waals surface area contributed by atoms with Crippen molar-refractivity contribution in [3.63, 3.8) is 0 Å². The Morgan fingerprint density at radius 1 is 1.36 bits per heavy atom. The predicted octanol–water partition coefficient (Wildman–Crippen LogP) is 2.49. The third-order valence-electron chi connectivity index (χ3n) is 1.67. The third-order valence-corrected chi connectivity index (χ3v) is 2.28. The van der Waals surface area contributed by atoms with Crippen LogP contribution < -0.4 is 0 Å². The lowest BCUT2D eigenvalue weighted by Crippen LogP contribution is -2.05. The monoisotopic (exact) mass is 264 g/mol. The van der Waals surface area contributed by atoms with Gasteiger partial charge in [-0.2, -0.15) is 0 Å². The molecule has 0 saturated carbocycles. The van der Waals surface area contributed by atoms with Gasteiger partial charge in [0.2, 0.25) is 0 Å². The van der Waals surface area contributed by atoms with Crippen LogP contribution in [0.25, 0.3) is 0 Å². The van der Waals surface area contributed by atoms with Crippen molar-refractivity contribution < 1.29 is 18.7 Å². The van der Waals surface area contributed by atoms with Gasteiger partial charge < -0.3 is 5.11 Å². The van der Waals surface area contributed by atoms with E-state index in [1.807, 2.05) is 0 Å². The molecule has 1 aromatic rings. The van der Waals surface area contributed by atoms with Gasteiger partial charge in [0, 0.05) is 16.5 Å². The largest absolute Gasteiger partial charge is 0.481 e. The standard InChI is InChI=1S/C9H7BrF2O2/c10-4-6-2-7(11)1-5(9(6)12)3-8(13)14/h1-2H,3-4H2,(H,13,14). The first kappa shape index (κ1) is 11.1. The van der Waals surface area contributed by atoms with Gasteiger partial charge >= 0.3 is 5.97 Å². The third kappa shape index (κ3) is 2.51. The molecule has 0 spiro atoms. The zero-order chi connectivity index (χ0) is 10.7. The molecule has 76 valence electrons. The summed E-state index contributed by atoms with van der Waals surface area (Å²) in [4.78, 5) is 10.3. The SMILES string of the molecule is O=C(O)Cc1cc(F)cc(CBr)c1F. The highest BCUT2D eigenvalue weighted by Crippen LogP contribution is 2.18. The number of hydrogen-bond acceptors (Lipinski definition) is 1. The van der Waals surface area contributed by atoms with E-state index >= 15 is 0 Å². The fourth-order valence-corrected chi connectivity index (χ4v) is 1.50. The minimum atomic E-state index is -1.19. The van der Waals surface area contributed by atoms with Crippen molar-refractivity contribution in [3.8, 4) is 0 Å². The Hall–Kier alpha value is -0.970. The van der Waals surface area contributed by atoms with Crippen molar-refractivity contribution in [1.82, 2.24) is 0 Å². The number of carboxylic acids is 1. The highest BCUT2D eigenvalue weighted by molar-refractivity contribution is 9.08. The number of benzene rings is 1. The summed E-state index contributed by atoms with van der Waals surface area (Å²) in [5.74, 6) is -2.47. The van der Waals surface area contributed by atoms with Gasteiger partial charge in [0.05, 0.1) is 6.42 Å². The molecule has 1 aromatic carbocycles. The van der Waals surface area contributed by atoms with Crippen LogP contribution in [0.3, 0.4) is 0 Å². The molecule has 0 amide bonds. The molecule has 0 aromatic heterocycles. The van der Waals surface area contributed by atoms with Crippen LogP contribution in [0.4, 0.5) is 8.78 Å². The van der Waals surface area contributed by atoms with Crippen LogP contribution >= 0.6 is 15.9 Å². The van der Waals surface area contributed by atoms with E-state index in [9.17, 15) is 13.6 Å². The average molecular weight is 265 g/mol.